The Labute approximate surface area is 177 Å². The van der Waals surface area contributed by atoms with Crippen LogP contribution in [0.2, 0.25) is 0 Å². The molecule has 0 fully saturated rings. The van der Waals surface area contributed by atoms with E-state index >= 15 is 0 Å². The normalized spacial score (nSPS) is 12.5. The van der Waals surface area contributed by atoms with Crippen LogP contribution < -0.4 is 10.6 Å². The molecule has 0 heterocycles. The van der Waals surface area contributed by atoms with Crippen molar-refractivity contribution in [3.8, 4) is 0 Å². The second-order valence-electron chi connectivity index (χ2n) is 6.89. The lowest BCUT2D eigenvalue weighted by Crippen LogP contribution is -2.38. The number of hydrogen-bond donors (Lipinski definition) is 3. The van der Waals surface area contributed by atoms with Crippen molar-refractivity contribution in [2.45, 2.75) is 65.7 Å². The van der Waals surface area contributed by atoms with E-state index in [0.717, 1.165) is 64.1 Å². The summed E-state index contributed by atoms with van der Waals surface area (Å²) < 4.78 is 4.63. The molecule has 6 nitrogen and oxygen atoms in total. The minimum absolute atomic E-state index is 0. The fourth-order valence-electron chi connectivity index (χ4n) is 2.75. The van der Waals surface area contributed by atoms with E-state index in [0.29, 0.717) is 18.3 Å². The van der Waals surface area contributed by atoms with Gasteiger partial charge in [-0.25, -0.2) is 0 Å². The maximum absolute atomic E-state index is 11.0. The molecule has 0 radical (unpaired) electrons. The standard InChI is InChI=1S/C19H39N3O3.HI/c1-5-20-19(22-15-17(11-13-23)14-16(2)3)21-12-9-7-6-8-10-18(24)25-4;/h16-17,23H,5-15H2,1-4H3,(H2,20,21,22);1H. The Kier molecular flexibility index (Phi) is 20.4. The van der Waals surface area contributed by atoms with E-state index in [9.17, 15) is 9.90 Å². The zero-order valence-corrected chi connectivity index (χ0v) is 19.4. The van der Waals surface area contributed by atoms with Crippen LogP contribution in [0.5, 0.6) is 0 Å². The van der Waals surface area contributed by atoms with E-state index in [1.54, 1.807) is 0 Å². The molecule has 0 saturated heterocycles. The highest BCUT2D eigenvalue weighted by Gasteiger charge is 2.10. The summed E-state index contributed by atoms with van der Waals surface area (Å²) in [5.74, 6) is 1.77. The summed E-state index contributed by atoms with van der Waals surface area (Å²) >= 11 is 0. The van der Waals surface area contributed by atoms with Crippen molar-refractivity contribution in [1.82, 2.24) is 10.6 Å². The smallest absolute Gasteiger partial charge is 0.305 e. The van der Waals surface area contributed by atoms with Crippen molar-refractivity contribution in [3.63, 3.8) is 0 Å². The predicted octanol–water partition coefficient (Wildman–Crippen LogP) is 3.33. The molecule has 1 unspecified atom stereocenters. The summed E-state index contributed by atoms with van der Waals surface area (Å²) in [6.07, 6.45) is 6.47. The van der Waals surface area contributed by atoms with Crippen LogP contribution in [0, 0.1) is 11.8 Å². The number of methoxy groups -OCH3 is 1. The summed E-state index contributed by atoms with van der Waals surface area (Å²) in [5.41, 5.74) is 0. The second-order valence-corrected chi connectivity index (χ2v) is 6.89. The summed E-state index contributed by atoms with van der Waals surface area (Å²) in [6, 6.07) is 0. The lowest BCUT2D eigenvalue weighted by Gasteiger charge is -2.17. The van der Waals surface area contributed by atoms with Gasteiger partial charge < -0.3 is 20.5 Å². The Morgan fingerprint density at radius 3 is 2.42 bits per heavy atom. The number of guanidine groups is 1. The first-order chi connectivity index (χ1) is 12.0. The van der Waals surface area contributed by atoms with Gasteiger partial charge in [-0.2, -0.15) is 0 Å². The van der Waals surface area contributed by atoms with Gasteiger partial charge in [0.15, 0.2) is 5.96 Å². The van der Waals surface area contributed by atoms with Gasteiger partial charge in [0.05, 0.1) is 7.11 Å². The minimum Gasteiger partial charge on any atom is -0.469 e. The highest BCUT2D eigenvalue weighted by atomic mass is 127. The third-order valence-corrected chi connectivity index (χ3v) is 4.02. The van der Waals surface area contributed by atoms with Crippen molar-refractivity contribution in [2.24, 2.45) is 16.8 Å². The Hall–Kier alpha value is -0.570. The van der Waals surface area contributed by atoms with E-state index in [-0.39, 0.29) is 36.6 Å². The van der Waals surface area contributed by atoms with Gasteiger partial charge in [-0.3, -0.25) is 9.79 Å². The van der Waals surface area contributed by atoms with Gasteiger partial charge in [-0.15, -0.1) is 24.0 Å². The largest absolute Gasteiger partial charge is 0.469 e. The first-order valence-corrected chi connectivity index (χ1v) is 9.73. The molecule has 0 amide bonds. The molecule has 0 bridgehead atoms. The molecular weight excluding hydrogens is 445 g/mol. The number of hydrogen-bond acceptors (Lipinski definition) is 4. The zero-order valence-electron chi connectivity index (χ0n) is 17.1. The zero-order chi connectivity index (χ0) is 18.9. The van der Waals surface area contributed by atoms with Crippen LogP contribution in [0.15, 0.2) is 4.99 Å². The molecule has 0 aliphatic carbocycles. The fraction of sp³-hybridized carbons (Fsp3) is 0.895. The molecule has 26 heavy (non-hydrogen) atoms. The molecule has 156 valence electrons. The van der Waals surface area contributed by atoms with Crippen LogP contribution in [0.4, 0.5) is 0 Å². The van der Waals surface area contributed by atoms with Crippen LogP contribution in [-0.2, 0) is 9.53 Å². The molecule has 0 aromatic heterocycles. The molecule has 0 aromatic carbocycles. The average molecular weight is 485 g/mol. The monoisotopic (exact) mass is 485 g/mol. The molecule has 0 aliphatic rings. The average Bonchev–Trinajstić information content (AvgIpc) is 2.57. The lowest BCUT2D eigenvalue weighted by molar-refractivity contribution is -0.140. The van der Waals surface area contributed by atoms with Gasteiger partial charge in [-0.05, 0) is 44.4 Å². The Bertz CT molecular complexity index is 366. The topological polar surface area (TPSA) is 83.0 Å². The molecule has 0 rings (SSSR count). The number of carbonyl (C=O) groups excluding carboxylic acids is 1. The van der Waals surface area contributed by atoms with Crippen LogP contribution in [-0.4, -0.2) is 50.4 Å². The first kappa shape index (κ1) is 27.6. The van der Waals surface area contributed by atoms with Gasteiger partial charge in [0.25, 0.3) is 0 Å². The van der Waals surface area contributed by atoms with Gasteiger partial charge in [0, 0.05) is 32.7 Å². The Morgan fingerprint density at radius 2 is 1.85 bits per heavy atom. The number of carbonyl (C=O) groups is 1. The molecule has 0 aliphatic heterocycles. The van der Waals surface area contributed by atoms with E-state index in [1.165, 1.54) is 7.11 Å². The fourth-order valence-corrected chi connectivity index (χ4v) is 2.75. The van der Waals surface area contributed by atoms with E-state index in [4.69, 9.17) is 0 Å². The van der Waals surface area contributed by atoms with Crippen molar-refractivity contribution < 1.29 is 14.6 Å². The maximum Gasteiger partial charge on any atom is 0.305 e. The van der Waals surface area contributed by atoms with E-state index < -0.39 is 0 Å². The minimum atomic E-state index is -0.126. The number of unbranched alkanes of at least 4 members (excludes halogenated alkanes) is 3. The maximum atomic E-state index is 11.0. The van der Waals surface area contributed by atoms with Crippen LogP contribution in [0.25, 0.3) is 0 Å². The highest BCUT2D eigenvalue weighted by molar-refractivity contribution is 14.0. The summed E-state index contributed by atoms with van der Waals surface area (Å²) in [5, 5.41) is 15.8. The number of aliphatic imine (C=N–C) groups is 1. The molecule has 3 N–H and O–H groups in total. The van der Waals surface area contributed by atoms with Gasteiger partial charge in [0.2, 0.25) is 0 Å². The molecule has 0 aromatic rings. The number of aliphatic hydroxyl groups excluding tert-OH is 1. The van der Waals surface area contributed by atoms with Gasteiger partial charge >= 0.3 is 5.97 Å². The lowest BCUT2D eigenvalue weighted by atomic mass is 9.94. The molecule has 0 spiro atoms. The number of esters is 1. The highest BCUT2D eigenvalue weighted by Crippen LogP contribution is 2.15. The van der Waals surface area contributed by atoms with Crippen LogP contribution in [0.3, 0.4) is 0 Å². The van der Waals surface area contributed by atoms with Crippen LogP contribution >= 0.6 is 24.0 Å². The molecule has 0 saturated carbocycles. The summed E-state index contributed by atoms with van der Waals surface area (Å²) in [7, 11) is 1.43. The quantitative estimate of drug-likeness (QED) is 0.116. The van der Waals surface area contributed by atoms with Gasteiger partial charge in [-0.1, -0.05) is 26.7 Å². The molecular formula is C19H40IN3O3. The van der Waals surface area contributed by atoms with E-state index in [2.05, 4.69) is 41.1 Å². The molecule has 7 heteroatoms. The third-order valence-electron chi connectivity index (χ3n) is 4.02. The first-order valence-electron chi connectivity index (χ1n) is 9.73. The Balaban J connectivity index is 0. The number of rotatable bonds is 14. The van der Waals surface area contributed by atoms with Gasteiger partial charge in [0.1, 0.15) is 0 Å². The second kappa shape index (κ2) is 19.2. The number of halogens is 1. The van der Waals surface area contributed by atoms with Crippen molar-refractivity contribution in [3.05, 3.63) is 0 Å². The third kappa shape index (κ3) is 16.9. The van der Waals surface area contributed by atoms with Crippen LogP contribution in [0.1, 0.15) is 65.7 Å². The number of nitrogens with zero attached hydrogens (tertiary/aromatic N) is 1. The molecule has 1 atom stereocenters. The summed E-state index contributed by atoms with van der Waals surface area (Å²) in [6.45, 7) is 9.15. The van der Waals surface area contributed by atoms with Crippen molar-refractivity contribution >= 4 is 35.9 Å². The summed E-state index contributed by atoms with van der Waals surface area (Å²) in [4.78, 5) is 15.7. The van der Waals surface area contributed by atoms with Crippen molar-refractivity contribution in [2.75, 3.05) is 33.4 Å². The number of ether oxygens (including phenoxy) is 1. The van der Waals surface area contributed by atoms with Crippen molar-refractivity contribution in [1.29, 1.82) is 0 Å². The Morgan fingerprint density at radius 1 is 1.15 bits per heavy atom. The van der Waals surface area contributed by atoms with E-state index in [1.807, 2.05) is 0 Å². The SMILES string of the molecule is CCNC(=NCC(CCO)CC(C)C)NCCCCCCC(=O)OC.I. The number of nitrogens with one attached hydrogen (secondary N) is 2. The number of aliphatic hydroxyl groups is 1. The predicted molar refractivity (Wildman–Crippen MR) is 119 cm³/mol.